The van der Waals surface area contributed by atoms with Crippen LogP contribution in [0, 0.1) is 10.1 Å². The Labute approximate surface area is 108 Å². The van der Waals surface area contributed by atoms with Gasteiger partial charge in [0.25, 0.3) is 0 Å². The molecular formula is C11H12N4O2S. The Bertz CT molecular complexity index is 542. The predicted octanol–water partition coefficient (Wildman–Crippen LogP) is 2.29. The minimum atomic E-state index is -0.472. The van der Waals surface area contributed by atoms with Crippen LogP contribution in [0.1, 0.15) is 4.88 Å². The van der Waals surface area contributed by atoms with E-state index in [9.17, 15) is 10.1 Å². The molecule has 0 saturated carbocycles. The van der Waals surface area contributed by atoms with E-state index in [0.717, 1.165) is 6.42 Å². The van der Waals surface area contributed by atoms with Crippen LogP contribution in [0.4, 0.5) is 17.3 Å². The van der Waals surface area contributed by atoms with Crippen LogP contribution >= 0.6 is 11.3 Å². The van der Waals surface area contributed by atoms with Gasteiger partial charge in [0.2, 0.25) is 5.82 Å². The number of aromatic nitrogens is 1. The van der Waals surface area contributed by atoms with Crippen molar-refractivity contribution in [2.75, 3.05) is 17.6 Å². The first kappa shape index (κ1) is 12.3. The van der Waals surface area contributed by atoms with Crippen LogP contribution in [0.3, 0.4) is 0 Å². The second-order valence-electron chi connectivity index (χ2n) is 3.62. The van der Waals surface area contributed by atoms with Crippen molar-refractivity contribution in [3.8, 4) is 0 Å². The lowest BCUT2D eigenvalue weighted by Crippen LogP contribution is -2.09. The summed E-state index contributed by atoms with van der Waals surface area (Å²) in [4.78, 5) is 15.5. The summed E-state index contributed by atoms with van der Waals surface area (Å²) >= 11 is 1.65. The Morgan fingerprint density at radius 1 is 1.44 bits per heavy atom. The van der Waals surface area contributed by atoms with Gasteiger partial charge in [-0.25, -0.2) is 4.98 Å². The van der Waals surface area contributed by atoms with Crippen molar-refractivity contribution in [1.82, 2.24) is 4.98 Å². The fraction of sp³-hybridized carbons (Fsp3) is 0.182. The lowest BCUT2D eigenvalue weighted by atomic mass is 10.3. The molecule has 0 aliphatic carbocycles. The molecule has 0 saturated heterocycles. The highest BCUT2D eigenvalue weighted by molar-refractivity contribution is 7.09. The zero-order chi connectivity index (χ0) is 13.0. The molecule has 2 aromatic heterocycles. The Balaban J connectivity index is 2.03. The van der Waals surface area contributed by atoms with Gasteiger partial charge < -0.3 is 11.1 Å². The van der Waals surface area contributed by atoms with Gasteiger partial charge in [0.1, 0.15) is 5.82 Å². The number of hydrogen-bond acceptors (Lipinski definition) is 6. The number of nitrogens with two attached hydrogens (primary N) is 1. The number of anilines is 2. The molecule has 0 atom stereocenters. The molecule has 0 radical (unpaired) electrons. The number of nitrogen functional groups attached to an aromatic ring is 1. The number of nitrogens with one attached hydrogen (secondary N) is 1. The van der Waals surface area contributed by atoms with Crippen molar-refractivity contribution >= 4 is 28.7 Å². The third-order valence-electron chi connectivity index (χ3n) is 2.34. The van der Waals surface area contributed by atoms with E-state index in [1.165, 1.54) is 17.0 Å². The highest BCUT2D eigenvalue weighted by Crippen LogP contribution is 2.22. The number of hydrogen-bond donors (Lipinski definition) is 2. The Morgan fingerprint density at radius 2 is 2.28 bits per heavy atom. The van der Waals surface area contributed by atoms with E-state index in [2.05, 4.69) is 10.3 Å². The largest absolute Gasteiger partial charge is 0.384 e. The first-order valence-electron chi connectivity index (χ1n) is 5.34. The van der Waals surface area contributed by atoms with E-state index in [-0.39, 0.29) is 17.3 Å². The lowest BCUT2D eigenvalue weighted by Gasteiger charge is -2.05. The number of pyridine rings is 1. The van der Waals surface area contributed by atoms with Crippen molar-refractivity contribution in [2.24, 2.45) is 0 Å². The van der Waals surface area contributed by atoms with Gasteiger partial charge in [0.15, 0.2) is 0 Å². The Morgan fingerprint density at radius 3 is 2.94 bits per heavy atom. The molecule has 0 fully saturated rings. The summed E-state index contributed by atoms with van der Waals surface area (Å²) < 4.78 is 0. The molecule has 2 rings (SSSR count). The zero-order valence-corrected chi connectivity index (χ0v) is 10.3. The lowest BCUT2D eigenvalue weighted by molar-refractivity contribution is -0.384. The Hall–Kier alpha value is -2.15. The molecule has 0 amide bonds. The molecule has 6 nitrogen and oxygen atoms in total. The van der Waals surface area contributed by atoms with Gasteiger partial charge in [-0.3, -0.25) is 10.1 Å². The van der Waals surface area contributed by atoms with Gasteiger partial charge in [-0.15, -0.1) is 11.3 Å². The van der Waals surface area contributed by atoms with Crippen LogP contribution in [-0.4, -0.2) is 16.5 Å². The summed E-state index contributed by atoms with van der Waals surface area (Å²) in [5.41, 5.74) is 5.46. The van der Waals surface area contributed by atoms with E-state index in [0.29, 0.717) is 6.54 Å². The van der Waals surface area contributed by atoms with Gasteiger partial charge in [0.05, 0.1) is 4.92 Å². The van der Waals surface area contributed by atoms with E-state index in [1.54, 1.807) is 11.3 Å². The Kier molecular flexibility index (Phi) is 3.73. The second kappa shape index (κ2) is 5.46. The minimum absolute atomic E-state index is 0.0598. The number of nitrogens with zero attached hydrogens (tertiary/aromatic N) is 2. The van der Waals surface area contributed by atoms with Gasteiger partial charge in [0, 0.05) is 17.5 Å². The van der Waals surface area contributed by atoms with Gasteiger partial charge in [-0.1, -0.05) is 6.07 Å². The first-order valence-corrected chi connectivity index (χ1v) is 6.22. The maximum absolute atomic E-state index is 10.8. The summed E-state index contributed by atoms with van der Waals surface area (Å²) in [7, 11) is 0. The van der Waals surface area contributed by atoms with Crippen LogP contribution < -0.4 is 11.1 Å². The van der Waals surface area contributed by atoms with E-state index < -0.39 is 4.92 Å². The number of rotatable bonds is 5. The molecule has 7 heteroatoms. The molecule has 0 spiro atoms. The maximum Gasteiger partial charge on any atom is 0.311 e. The summed E-state index contributed by atoms with van der Waals surface area (Å²) in [6.07, 6.45) is 0.797. The van der Waals surface area contributed by atoms with Crippen molar-refractivity contribution < 1.29 is 4.92 Å². The van der Waals surface area contributed by atoms with Crippen molar-refractivity contribution in [3.63, 3.8) is 0 Å². The van der Waals surface area contributed by atoms with Crippen LogP contribution in [0.2, 0.25) is 0 Å². The molecule has 0 bridgehead atoms. The van der Waals surface area contributed by atoms with Crippen LogP contribution in [0.25, 0.3) is 0 Å². The van der Waals surface area contributed by atoms with E-state index in [4.69, 9.17) is 5.73 Å². The summed E-state index contributed by atoms with van der Waals surface area (Å²) in [5.74, 6) is 0.482. The van der Waals surface area contributed by atoms with E-state index in [1.807, 2.05) is 17.5 Å². The average Bonchev–Trinajstić information content (AvgIpc) is 2.82. The monoisotopic (exact) mass is 264 g/mol. The molecule has 18 heavy (non-hydrogen) atoms. The second-order valence-corrected chi connectivity index (χ2v) is 4.65. The fourth-order valence-electron chi connectivity index (χ4n) is 1.50. The average molecular weight is 264 g/mol. The molecule has 0 unspecified atom stereocenters. The smallest absolute Gasteiger partial charge is 0.311 e. The van der Waals surface area contributed by atoms with Gasteiger partial charge in [-0.05, 0) is 23.9 Å². The molecule has 3 N–H and O–H groups in total. The summed E-state index contributed by atoms with van der Waals surface area (Å²) in [6.45, 7) is 0.581. The van der Waals surface area contributed by atoms with Gasteiger partial charge in [-0.2, -0.15) is 0 Å². The highest BCUT2D eigenvalue weighted by atomic mass is 32.1. The normalized spacial score (nSPS) is 10.2. The first-order chi connectivity index (χ1) is 8.66. The molecule has 2 heterocycles. The molecule has 0 aliphatic heterocycles. The predicted molar refractivity (Wildman–Crippen MR) is 71.8 cm³/mol. The van der Waals surface area contributed by atoms with Crippen LogP contribution in [0.5, 0.6) is 0 Å². The summed E-state index contributed by atoms with van der Waals surface area (Å²) in [6, 6.07) is 6.77. The van der Waals surface area contributed by atoms with Crippen molar-refractivity contribution in [2.45, 2.75) is 6.42 Å². The molecule has 0 aliphatic rings. The molecule has 94 valence electrons. The maximum atomic E-state index is 10.8. The van der Waals surface area contributed by atoms with Crippen molar-refractivity contribution in [3.05, 3.63) is 44.6 Å². The number of nitro groups is 1. The topological polar surface area (TPSA) is 94.1 Å². The van der Waals surface area contributed by atoms with Crippen LogP contribution in [0.15, 0.2) is 29.6 Å². The molecule has 2 aromatic rings. The molecule has 0 aromatic carbocycles. The minimum Gasteiger partial charge on any atom is -0.384 e. The quantitative estimate of drug-likeness (QED) is 0.638. The van der Waals surface area contributed by atoms with E-state index >= 15 is 0 Å². The highest BCUT2D eigenvalue weighted by Gasteiger charge is 2.14. The summed E-state index contributed by atoms with van der Waals surface area (Å²) in [5, 5.41) is 15.8. The SMILES string of the molecule is Nc1ccc([N+](=O)[O-])c(NCCc2cccs2)n1. The third-order valence-corrected chi connectivity index (χ3v) is 3.27. The standard InChI is InChI=1S/C11H12N4O2S/c12-10-4-3-9(15(16)17)11(14-10)13-6-5-8-2-1-7-18-8/h1-4,7H,5-6H2,(H3,12,13,14). The fourth-order valence-corrected chi connectivity index (χ4v) is 2.21. The third kappa shape index (κ3) is 2.95. The van der Waals surface area contributed by atoms with Gasteiger partial charge >= 0.3 is 5.69 Å². The molecular weight excluding hydrogens is 252 g/mol. The van der Waals surface area contributed by atoms with Crippen molar-refractivity contribution in [1.29, 1.82) is 0 Å². The number of thiophene rings is 1. The van der Waals surface area contributed by atoms with Crippen LogP contribution in [-0.2, 0) is 6.42 Å². The zero-order valence-electron chi connectivity index (χ0n) is 9.50.